The fourth-order valence-corrected chi connectivity index (χ4v) is 3.24. The summed E-state index contributed by atoms with van der Waals surface area (Å²) < 4.78 is 5.11. The molecular formula is C21H18Cl2N2O4. The lowest BCUT2D eigenvalue weighted by atomic mass is 10.2. The lowest BCUT2D eigenvalue weighted by Gasteiger charge is -2.16. The van der Waals surface area contributed by atoms with Gasteiger partial charge in [-0.25, -0.2) is 9.69 Å². The van der Waals surface area contributed by atoms with Gasteiger partial charge in [-0.05, 0) is 55.3 Å². The summed E-state index contributed by atoms with van der Waals surface area (Å²) in [6.45, 7) is 3.98. The van der Waals surface area contributed by atoms with Gasteiger partial charge in [0.1, 0.15) is 10.7 Å². The molecule has 0 radical (unpaired) electrons. The summed E-state index contributed by atoms with van der Waals surface area (Å²) in [5.74, 6) is -1.82. The molecule has 2 amide bonds. The Kier molecular flexibility index (Phi) is 6.25. The molecule has 1 N–H and O–H groups in total. The summed E-state index contributed by atoms with van der Waals surface area (Å²) in [5.41, 5.74) is 1.81. The fourth-order valence-electron chi connectivity index (χ4n) is 2.80. The summed E-state index contributed by atoms with van der Waals surface area (Å²) in [6.07, 6.45) is 0.688. The van der Waals surface area contributed by atoms with Crippen molar-refractivity contribution in [1.29, 1.82) is 0 Å². The molecule has 29 heavy (non-hydrogen) atoms. The van der Waals surface area contributed by atoms with Crippen LogP contribution in [0.2, 0.25) is 5.02 Å². The van der Waals surface area contributed by atoms with E-state index >= 15 is 0 Å². The van der Waals surface area contributed by atoms with Crippen molar-refractivity contribution in [3.05, 3.63) is 69.3 Å². The maximum Gasteiger partial charge on any atom is 0.338 e. The van der Waals surface area contributed by atoms with Gasteiger partial charge >= 0.3 is 5.97 Å². The molecule has 150 valence electrons. The van der Waals surface area contributed by atoms with Crippen LogP contribution < -0.4 is 10.2 Å². The molecule has 0 atom stereocenters. The normalized spacial score (nSPS) is 13.9. The van der Waals surface area contributed by atoms with Gasteiger partial charge in [0.25, 0.3) is 11.8 Å². The maximum atomic E-state index is 12.9. The molecule has 8 heteroatoms. The van der Waals surface area contributed by atoms with Gasteiger partial charge in [0, 0.05) is 10.7 Å². The van der Waals surface area contributed by atoms with Crippen LogP contribution in [0, 0.1) is 6.92 Å². The average Bonchev–Trinajstić information content (AvgIpc) is 2.91. The zero-order valence-corrected chi connectivity index (χ0v) is 17.3. The van der Waals surface area contributed by atoms with E-state index in [0.29, 0.717) is 17.1 Å². The standard InChI is InChI=1S/C21H18Cl2N2O4/c1-3-9-29-21(28)13-5-4-6-15(11-13)25-19(26)17(23)18(20(25)27)24-16-8-7-14(22)10-12(16)2/h4-8,10-11,24H,3,9H2,1-2H3. The summed E-state index contributed by atoms with van der Waals surface area (Å²) >= 11 is 12.1. The van der Waals surface area contributed by atoms with E-state index in [1.54, 1.807) is 36.4 Å². The average molecular weight is 433 g/mol. The third-order valence-electron chi connectivity index (χ3n) is 4.25. The largest absolute Gasteiger partial charge is 0.462 e. The molecule has 0 bridgehead atoms. The van der Waals surface area contributed by atoms with Crippen LogP contribution in [0.5, 0.6) is 0 Å². The Hall–Kier alpha value is -2.83. The van der Waals surface area contributed by atoms with Crippen LogP contribution in [-0.2, 0) is 14.3 Å². The third-order valence-corrected chi connectivity index (χ3v) is 4.84. The minimum Gasteiger partial charge on any atom is -0.462 e. The predicted octanol–water partition coefficient (Wildman–Crippen LogP) is 4.65. The molecular weight excluding hydrogens is 415 g/mol. The number of anilines is 2. The highest BCUT2D eigenvalue weighted by atomic mass is 35.5. The van der Waals surface area contributed by atoms with Crippen LogP contribution in [-0.4, -0.2) is 24.4 Å². The molecule has 1 aliphatic heterocycles. The second-order valence-electron chi connectivity index (χ2n) is 6.41. The zero-order chi connectivity index (χ0) is 21.1. The second-order valence-corrected chi connectivity index (χ2v) is 7.22. The van der Waals surface area contributed by atoms with Gasteiger partial charge in [-0.15, -0.1) is 0 Å². The molecule has 0 saturated heterocycles. The molecule has 0 unspecified atom stereocenters. The minimum atomic E-state index is -0.676. The molecule has 0 saturated carbocycles. The number of hydrogen-bond donors (Lipinski definition) is 1. The van der Waals surface area contributed by atoms with Crippen molar-refractivity contribution in [2.75, 3.05) is 16.8 Å². The first kappa shape index (κ1) is 20.9. The number of imide groups is 1. The molecule has 0 fully saturated rings. The molecule has 6 nitrogen and oxygen atoms in total. The first-order valence-electron chi connectivity index (χ1n) is 8.92. The molecule has 2 aromatic rings. The van der Waals surface area contributed by atoms with Crippen molar-refractivity contribution >= 4 is 52.4 Å². The number of esters is 1. The number of ether oxygens (including phenoxy) is 1. The number of hydrogen-bond acceptors (Lipinski definition) is 5. The third kappa shape index (κ3) is 4.28. The highest BCUT2D eigenvalue weighted by Gasteiger charge is 2.39. The molecule has 0 aliphatic carbocycles. The Morgan fingerprint density at radius 2 is 1.86 bits per heavy atom. The van der Waals surface area contributed by atoms with E-state index in [1.165, 1.54) is 6.07 Å². The summed E-state index contributed by atoms with van der Waals surface area (Å²) in [6, 6.07) is 11.2. The van der Waals surface area contributed by atoms with Crippen molar-refractivity contribution in [3.63, 3.8) is 0 Å². The lowest BCUT2D eigenvalue weighted by Crippen LogP contribution is -2.32. The Bertz CT molecular complexity index is 1030. The van der Waals surface area contributed by atoms with E-state index in [9.17, 15) is 14.4 Å². The van der Waals surface area contributed by atoms with E-state index in [0.717, 1.165) is 10.5 Å². The number of rotatable bonds is 6. The Labute approximate surface area is 178 Å². The van der Waals surface area contributed by atoms with E-state index in [-0.39, 0.29) is 28.6 Å². The molecule has 1 aliphatic rings. The van der Waals surface area contributed by atoms with Crippen LogP contribution in [0.3, 0.4) is 0 Å². The van der Waals surface area contributed by atoms with Crippen molar-refractivity contribution in [2.24, 2.45) is 0 Å². The lowest BCUT2D eigenvalue weighted by molar-refractivity contribution is -0.120. The number of carbonyl (C=O) groups excluding carboxylic acids is 3. The Morgan fingerprint density at radius 1 is 1.10 bits per heavy atom. The number of aryl methyl sites for hydroxylation is 1. The minimum absolute atomic E-state index is 0.0407. The van der Waals surface area contributed by atoms with E-state index < -0.39 is 17.8 Å². The van der Waals surface area contributed by atoms with Crippen molar-refractivity contribution < 1.29 is 19.1 Å². The topological polar surface area (TPSA) is 75.7 Å². The van der Waals surface area contributed by atoms with Gasteiger partial charge in [0.05, 0.1) is 17.9 Å². The van der Waals surface area contributed by atoms with Crippen LogP contribution in [0.1, 0.15) is 29.3 Å². The number of amides is 2. The monoisotopic (exact) mass is 432 g/mol. The predicted molar refractivity (Wildman–Crippen MR) is 112 cm³/mol. The van der Waals surface area contributed by atoms with Gasteiger partial charge in [-0.2, -0.15) is 0 Å². The van der Waals surface area contributed by atoms with Gasteiger partial charge in [-0.3, -0.25) is 9.59 Å². The SMILES string of the molecule is CCCOC(=O)c1cccc(N2C(=O)C(Cl)=C(Nc3ccc(Cl)cc3C)C2=O)c1. The number of benzene rings is 2. The Morgan fingerprint density at radius 3 is 2.55 bits per heavy atom. The van der Waals surface area contributed by atoms with E-state index in [2.05, 4.69) is 5.32 Å². The van der Waals surface area contributed by atoms with Crippen LogP contribution in [0.15, 0.2) is 53.2 Å². The van der Waals surface area contributed by atoms with Gasteiger partial charge in [0.15, 0.2) is 0 Å². The molecule has 0 spiro atoms. The van der Waals surface area contributed by atoms with Crippen LogP contribution in [0.4, 0.5) is 11.4 Å². The quantitative estimate of drug-likeness (QED) is 0.530. The Balaban J connectivity index is 1.87. The number of carbonyl (C=O) groups is 3. The smallest absolute Gasteiger partial charge is 0.338 e. The highest BCUT2D eigenvalue weighted by Crippen LogP contribution is 2.31. The first-order chi connectivity index (χ1) is 13.8. The maximum absolute atomic E-state index is 12.9. The van der Waals surface area contributed by atoms with E-state index in [4.69, 9.17) is 27.9 Å². The number of halogens is 2. The molecule has 2 aromatic carbocycles. The molecule has 1 heterocycles. The summed E-state index contributed by atoms with van der Waals surface area (Å²) in [7, 11) is 0. The summed E-state index contributed by atoms with van der Waals surface area (Å²) in [4.78, 5) is 38.6. The van der Waals surface area contributed by atoms with Gasteiger partial charge in [0.2, 0.25) is 0 Å². The second kappa shape index (κ2) is 8.68. The van der Waals surface area contributed by atoms with Crippen LogP contribution >= 0.6 is 23.2 Å². The number of nitrogens with zero attached hydrogens (tertiary/aromatic N) is 1. The van der Waals surface area contributed by atoms with Crippen LogP contribution in [0.25, 0.3) is 0 Å². The first-order valence-corrected chi connectivity index (χ1v) is 9.68. The van der Waals surface area contributed by atoms with E-state index in [1.807, 2.05) is 13.8 Å². The fraction of sp³-hybridized carbons (Fsp3) is 0.190. The van der Waals surface area contributed by atoms with Crippen molar-refractivity contribution in [3.8, 4) is 0 Å². The highest BCUT2D eigenvalue weighted by molar-refractivity contribution is 6.53. The zero-order valence-electron chi connectivity index (χ0n) is 15.8. The summed E-state index contributed by atoms with van der Waals surface area (Å²) in [5, 5.41) is 3.23. The van der Waals surface area contributed by atoms with Crippen molar-refractivity contribution in [1.82, 2.24) is 0 Å². The molecule has 0 aromatic heterocycles. The molecule has 3 rings (SSSR count). The number of nitrogens with one attached hydrogen (secondary N) is 1. The van der Waals surface area contributed by atoms with Crippen molar-refractivity contribution in [2.45, 2.75) is 20.3 Å². The van der Waals surface area contributed by atoms with Gasteiger partial charge < -0.3 is 10.1 Å². The van der Waals surface area contributed by atoms with Gasteiger partial charge in [-0.1, -0.05) is 36.2 Å².